The van der Waals surface area contributed by atoms with Crippen molar-refractivity contribution < 1.29 is 32.6 Å². The summed E-state index contributed by atoms with van der Waals surface area (Å²) >= 11 is 1.05. The van der Waals surface area contributed by atoms with Crippen molar-refractivity contribution in [1.29, 1.82) is 0 Å². The molecule has 0 spiro atoms. The third-order valence-corrected chi connectivity index (χ3v) is 6.93. The first-order chi connectivity index (χ1) is 17.5. The van der Waals surface area contributed by atoms with Gasteiger partial charge < -0.3 is 9.84 Å². The van der Waals surface area contributed by atoms with Crippen LogP contribution < -0.4 is 0 Å². The number of carbonyl (C=O) groups excluding carboxylic acids is 1. The Morgan fingerprint density at radius 1 is 1.00 bits per heavy atom. The Morgan fingerprint density at radius 2 is 1.61 bits per heavy atom. The Morgan fingerprint density at radius 3 is 2.13 bits per heavy atom. The van der Waals surface area contributed by atoms with E-state index in [1.165, 1.54) is 49.0 Å². The molecule has 0 fully saturated rings. The summed E-state index contributed by atoms with van der Waals surface area (Å²) in [6, 6.07) is 13.4. The van der Waals surface area contributed by atoms with Crippen LogP contribution in [0.4, 0.5) is 13.2 Å². The number of carboxylic acid groups (broad SMARTS) is 1. The zero-order valence-electron chi connectivity index (χ0n) is 21.7. The predicted molar refractivity (Wildman–Crippen MR) is 137 cm³/mol. The minimum atomic E-state index is -4.82. The van der Waals surface area contributed by atoms with Gasteiger partial charge in [0.25, 0.3) is 0 Å². The van der Waals surface area contributed by atoms with E-state index in [1.54, 1.807) is 0 Å². The Bertz CT molecular complexity index is 1260. The fourth-order valence-corrected chi connectivity index (χ4v) is 4.36. The van der Waals surface area contributed by atoms with Crippen LogP contribution in [-0.2, 0) is 27.9 Å². The number of rotatable bonds is 9. The lowest BCUT2D eigenvalue weighted by molar-refractivity contribution is -0.204. The monoisotopic (exact) mass is 549 g/mol. The molecule has 0 amide bonds. The Balaban J connectivity index is 1.66. The summed E-state index contributed by atoms with van der Waals surface area (Å²) in [4.78, 5) is 24.3. The highest BCUT2D eigenvalue weighted by molar-refractivity contribution is 8.01. The number of carboxylic acids is 1. The van der Waals surface area contributed by atoms with E-state index >= 15 is 0 Å². The van der Waals surface area contributed by atoms with Gasteiger partial charge in [-0.2, -0.15) is 13.2 Å². The topological polar surface area (TPSA) is 94.3 Å². The van der Waals surface area contributed by atoms with Crippen LogP contribution in [0.2, 0.25) is 0 Å². The molecule has 3 aromatic rings. The number of ether oxygens (including phenoxy) is 1. The second-order valence-electron chi connectivity index (χ2n) is 10.4. The maximum absolute atomic E-state index is 13.7. The number of aromatic nitrogens is 3. The van der Waals surface area contributed by atoms with Crippen LogP contribution in [0.5, 0.6) is 0 Å². The molecule has 0 aliphatic heterocycles. The number of aliphatic carboxylic acids is 1. The SMILES string of the molecule is CC(C)(Sc1ccc(C(=O)O[C@H](Cc2cn(Cc3ccc(C(C)(C)C)cc3)nn2)C(F)(F)F)cc1)C(=O)O. The Labute approximate surface area is 223 Å². The van der Waals surface area contributed by atoms with Crippen LogP contribution in [0.3, 0.4) is 0 Å². The number of halogens is 3. The number of carbonyl (C=O) groups is 2. The first-order valence-electron chi connectivity index (χ1n) is 11.8. The lowest BCUT2D eigenvalue weighted by Gasteiger charge is -2.20. The van der Waals surface area contributed by atoms with Gasteiger partial charge in [0.05, 0.1) is 17.8 Å². The Kier molecular flexibility index (Phi) is 8.60. The predicted octanol–water partition coefficient (Wildman–Crippen LogP) is 5.91. The van der Waals surface area contributed by atoms with Gasteiger partial charge in [-0.05, 0) is 54.7 Å². The molecule has 0 radical (unpaired) electrons. The molecule has 0 unspecified atom stereocenters. The van der Waals surface area contributed by atoms with E-state index in [4.69, 9.17) is 4.74 Å². The molecule has 0 aliphatic rings. The van der Waals surface area contributed by atoms with E-state index in [1.807, 2.05) is 24.3 Å². The van der Waals surface area contributed by atoms with Crippen molar-refractivity contribution in [1.82, 2.24) is 15.0 Å². The molecule has 1 aromatic heterocycles. The number of nitrogens with zero attached hydrogens (tertiary/aromatic N) is 3. The minimum absolute atomic E-state index is 0.00125. The lowest BCUT2D eigenvalue weighted by Crippen LogP contribution is -2.36. The fraction of sp³-hybridized carbons (Fsp3) is 0.407. The van der Waals surface area contributed by atoms with E-state index in [9.17, 15) is 27.9 Å². The molecule has 0 saturated heterocycles. The summed E-state index contributed by atoms with van der Waals surface area (Å²) < 4.78 is 46.2. The van der Waals surface area contributed by atoms with E-state index in [0.29, 0.717) is 11.4 Å². The molecule has 1 N–H and O–H groups in total. The minimum Gasteiger partial charge on any atom is -0.480 e. The van der Waals surface area contributed by atoms with Crippen LogP contribution >= 0.6 is 11.8 Å². The first kappa shape index (κ1) is 29.2. The maximum atomic E-state index is 13.7. The van der Waals surface area contributed by atoms with Crippen molar-refractivity contribution >= 4 is 23.7 Å². The average molecular weight is 550 g/mol. The van der Waals surface area contributed by atoms with Crippen LogP contribution in [-0.4, -0.2) is 49.1 Å². The molecular weight excluding hydrogens is 519 g/mol. The zero-order chi connectivity index (χ0) is 28.3. The summed E-state index contributed by atoms with van der Waals surface area (Å²) in [5.74, 6) is -2.16. The zero-order valence-corrected chi connectivity index (χ0v) is 22.6. The number of benzene rings is 2. The number of hydrogen-bond donors (Lipinski definition) is 1. The van der Waals surface area contributed by atoms with E-state index < -0.39 is 35.4 Å². The molecule has 3 rings (SSSR count). The van der Waals surface area contributed by atoms with Crippen molar-refractivity contribution in [3.63, 3.8) is 0 Å². The standard InChI is InChI=1S/C27H30F3N3O4S/c1-25(2,3)19-10-6-17(7-11-19)15-33-16-20(31-32-33)14-22(27(28,29)30)37-23(34)18-8-12-21(13-9-18)38-26(4,5)24(35)36/h6-13,16,22H,14-15H2,1-5H3,(H,35,36)/t22-/m1/s1. The van der Waals surface area contributed by atoms with Crippen molar-refractivity contribution in [3.8, 4) is 0 Å². The molecule has 7 nitrogen and oxygen atoms in total. The molecule has 2 aromatic carbocycles. The molecule has 1 heterocycles. The molecule has 0 aliphatic carbocycles. The van der Waals surface area contributed by atoms with E-state index in [2.05, 4.69) is 31.1 Å². The maximum Gasteiger partial charge on any atom is 0.425 e. The average Bonchev–Trinajstić information content (AvgIpc) is 3.24. The first-order valence-corrected chi connectivity index (χ1v) is 12.6. The van der Waals surface area contributed by atoms with Crippen molar-refractivity contribution in [2.24, 2.45) is 0 Å². The van der Waals surface area contributed by atoms with Gasteiger partial charge in [-0.15, -0.1) is 16.9 Å². The van der Waals surface area contributed by atoms with Gasteiger partial charge in [-0.1, -0.05) is 50.3 Å². The van der Waals surface area contributed by atoms with Crippen LogP contribution in [0, 0.1) is 0 Å². The largest absolute Gasteiger partial charge is 0.480 e. The normalized spacial score (nSPS) is 13.3. The molecule has 204 valence electrons. The summed E-state index contributed by atoms with van der Waals surface area (Å²) in [7, 11) is 0. The number of esters is 1. The second kappa shape index (κ2) is 11.2. The highest BCUT2D eigenvalue weighted by Crippen LogP contribution is 2.33. The fourth-order valence-electron chi connectivity index (χ4n) is 3.42. The van der Waals surface area contributed by atoms with Gasteiger partial charge in [0, 0.05) is 17.5 Å². The van der Waals surface area contributed by atoms with Crippen molar-refractivity contribution in [2.45, 2.75) is 74.9 Å². The number of alkyl halides is 3. The van der Waals surface area contributed by atoms with Crippen molar-refractivity contribution in [2.75, 3.05) is 0 Å². The highest BCUT2D eigenvalue weighted by Gasteiger charge is 2.43. The summed E-state index contributed by atoms with van der Waals surface area (Å²) in [6.45, 7) is 9.69. The number of hydrogen-bond acceptors (Lipinski definition) is 6. The second-order valence-corrected chi connectivity index (χ2v) is 12.1. The van der Waals surface area contributed by atoms with Crippen LogP contribution in [0.15, 0.2) is 59.6 Å². The molecule has 38 heavy (non-hydrogen) atoms. The van der Waals surface area contributed by atoms with E-state index in [-0.39, 0.29) is 16.7 Å². The molecule has 0 bridgehead atoms. The molecule has 1 atom stereocenters. The highest BCUT2D eigenvalue weighted by atomic mass is 32.2. The quantitative estimate of drug-likeness (QED) is 0.262. The van der Waals surface area contributed by atoms with Gasteiger partial charge in [0.1, 0.15) is 4.75 Å². The van der Waals surface area contributed by atoms with Gasteiger partial charge in [-0.25, -0.2) is 9.48 Å². The van der Waals surface area contributed by atoms with Gasteiger partial charge in [0.2, 0.25) is 6.10 Å². The van der Waals surface area contributed by atoms with Crippen molar-refractivity contribution in [3.05, 3.63) is 77.1 Å². The van der Waals surface area contributed by atoms with Gasteiger partial charge in [0.15, 0.2) is 0 Å². The smallest absolute Gasteiger partial charge is 0.425 e. The third kappa shape index (κ3) is 7.83. The summed E-state index contributed by atoms with van der Waals surface area (Å²) in [5.41, 5.74) is 2.03. The Hall–Kier alpha value is -3.34. The number of thioether (sulfide) groups is 1. The van der Waals surface area contributed by atoms with Gasteiger partial charge >= 0.3 is 18.1 Å². The third-order valence-electron chi connectivity index (χ3n) is 5.74. The van der Waals surface area contributed by atoms with E-state index in [0.717, 1.165) is 22.9 Å². The summed E-state index contributed by atoms with van der Waals surface area (Å²) in [6.07, 6.45) is -6.51. The van der Waals surface area contributed by atoms with Crippen LogP contribution in [0.25, 0.3) is 0 Å². The lowest BCUT2D eigenvalue weighted by atomic mass is 9.87. The molecule has 0 saturated carbocycles. The summed E-state index contributed by atoms with van der Waals surface area (Å²) in [5, 5.41) is 17.0. The van der Waals surface area contributed by atoms with Gasteiger partial charge in [-0.3, -0.25) is 4.79 Å². The van der Waals surface area contributed by atoms with Crippen LogP contribution in [0.1, 0.15) is 61.8 Å². The molecule has 11 heteroatoms. The molecular formula is C27H30F3N3O4S.